The van der Waals surface area contributed by atoms with Gasteiger partial charge in [0.2, 0.25) is 0 Å². The molecule has 4 aliphatic carbocycles. The minimum atomic E-state index is 0.127. The van der Waals surface area contributed by atoms with E-state index in [4.69, 9.17) is 9.47 Å². The van der Waals surface area contributed by atoms with Gasteiger partial charge in [0, 0.05) is 13.0 Å². The van der Waals surface area contributed by atoms with Crippen molar-refractivity contribution in [2.24, 2.45) is 46.3 Å². The first-order chi connectivity index (χ1) is 15.4. The normalized spacial score (nSPS) is 43.1. The standard InChI is InChI=1S/C29H42O3/c1-19-13-16-29(18-31-3)20(17-19)9-10-21-23-11-12-25(28(23,2)15-14-24(21)29)27(30)22-7-5-6-8-26(22)32-4/h5-8,19-21,23-25H,9-18H2,1-4H3. The summed E-state index contributed by atoms with van der Waals surface area (Å²) < 4.78 is 11.5. The summed E-state index contributed by atoms with van der Waals surface area (Å²) >= 11 is 0. The number of carbonyl (C=O) groups excluding carboxylic acids is 1. The monoisotopic (exact) mass is 438 g/mol. The van der Waals surface area contributed by atoms with Crippen molar-refractivity contribution >= 4 is 5.78 Å². The maximum absolute atomic E-state index is 13.8. The maximum atomic E-state index is 13.8. The minimum Gasteiger partial charge on any atom is -0.496 e. The molecule has 0 heterocycles. The Morgan fingerprint density at radius 3 is 2.59 bits per heavy atom. The molecule has 0 radical (unpaired) electrons. The quantitative estimate of drug-likeness (QED) is 0.474. The lowest BCUT2D eigenvalue weighted by atomic mass is 9.43. The third kappa shape index (κ3) is 3.29. The molecular formula is C29H42O3. The van der Waals surface area contributed by atoms with Crippen molar-refractivity contribution in [3.8, 4) is 5.75 Å². The highest BCUT2D eigenvalue weighted by Crippen LogP contribution is 2.68. The Labute approximate surface area is 194 Å². The van der Waals surface area contributed by atoms with Crippen LogP contribution in [-0.2, 0) is 4.74 Å². The zero-order valence-corrected chi connectivity index (χ0v) is 20.6. The van der Waals surface area contributed by atoms with Crippen molar-refractivity contribution in [2.45, 2.75) is 71.6 Å². The van der Waals surface area contributed by atoms with Gasteiger partial charge in [0.05, 0.1) is 19.3 Å². The molecule has 5 rings (SSSR count). The summed E-state index contributed by atoms with van der Waals surface area (Å²) in [5.41, 5.74) is 1.29. The van der Waals surface area contributed by atoms with Crippen LogP contribution in [0.1, 0.15) is 82.0 Å². The largest absolute Gasteiger partial charge is 0.496 e. The van der Waals surface area contributed by atoms with E-state index in [-0.39, 0.29) is 11.3 Å². The number of ether oxygens (including phenoxy) is 2. The molecule has 8 unspecified atom stereocenters. The molecule has 4 saturated carbocycles. The molecule has 0 aliphatic heterocycles. The topological polar surface area (TPSA) is 35.5 Å². The fourth-order valence-corrected chi connectivity index (χ4v) is 9.28. The van der Waals surface area contributed by atoms with Crippen molar-refractivity contribution in [3.63, 3.8) is 0 Å². The van der Waals surface area contributed by atoms with Gasteiger partial charge in [0.1, 0.15) is 5.75 Å². The molecule has 3 nitrogen and oxygen atoms in total. The third-order valence-corrected chi connectivity index (χ3v) is 10.7. The number of methoxy groups -OCH3 is 2. The molecule has 1 aromatic rings. The Morgan fingerprint density at radius 2 is 1.81 bits per heavy atom. The van der Waals surface area contributed by atoms with E-state index in [0.717, 1.165) is 48.0 Å². The van der Waals surface area contributed by atoms with Crippen LogP contribution < -0.4 is 4.74 Å². The zero-order chi connectivity index (χ0) is 22.5. The summed E-state index contributed by atoms with van der Waals surface area (Å²) in [6, 6.07) is 7.82. The lowest BCUT2D eigenvalue weighted by molar-refractivity contribution is -0.148. The number of ketones is 1. The second kappa shape index (κ2) is 8.46. The molecule has 176 valence electrons. The number of carbonyl (C=O) groups is 1. The third-order valence-electron chi connectivity index (χ3n) is 10.7. The summed E-state index contributed by atoms with van der Waals surface area (Å²) in [6.45, 7) is 5.85. The first-order valence-corrected chi connectivity index (χ1v) is 13.1. The number of rotatable bonds is 5. The van der Waals surface area contributed by atoms with Crippen LogP contribution in [0, 0.1) is 46.3 Å². The second-order valence-corrected chi connectivity index (χ2v) is 11.9. The Kier molecular flexibility index (Phi) is 5.93. The molecule has 0 N–H and O–H groups in total. The lowest BCUT2D eigenvalue weighted by Gasteiger charge is -2.61. The molecule has 1 aromatic carbocycles. The first-order valence-electron chi connectivity index (χ1n) is 13.1. The van der Waals surface area contributed by atoms with Crippen LogP contribution in [0.3, 0.4) is 0 Å². The molecule has 32 heavy (non-hydrogen) atoms. The summed E-state index contributed by atoms with van der Waals surface area (Å²) in [5, 5.41) is 0. The van der Waals surface area contributed by atoms with E-state index < -0.39 is 0 Å². The molecule has 0 bridgehead atoms. The zero-order valence-electron chi connectivity index (χ0n) is 20.6. The fourth-order valence-electron chi connectivity index (χ4n) is 9.28. The Hall–Kier alpha value is -1.35. The van der Waals surface area contributed by atoms with E-state index in [9.17, 15) is 4.79 Å². The second-order valence-electron chi connectivity index (χ2n) is 11.9. The van der Waals surface area contributed by atoms with Gasteiger partial charge >= 0.3 is 0 Å². The summed E-state index contributed by atoms with van der Waals surface area (Å²) in [5.74, 6) is 5.11. The Balaban J connectivity index is 1.43. The van der Waals surface area contributed by atoms with Gasteiger partial charge in [-0.05, 0) is 104 Å². The van der Waals surface area contributed by atoms with E-state index in [1.807, 2.05) is 31.4 Å². The van der Waals surface area contributed by atoms with Crippen molar-refractivity contribution in [2.75, 3.05) is 20.8 Å². The van der Waals surface area contributed by atoms with E-state index >= 15 is 0 Å². The highest BCUT2D eigenvalue weighted by Gasteiger charge is 2.62. The van der Waals surface area contributed by atoms with Crippen LogP contribution in [0.15, 0.2) is 24.3 Å². The van der Waals surface area contributed by atoms with E-state index in [1.54, 1.807) is 7.11 Å². The molecule has 0 saturated heterocycles. The molecule has 3 heteroatoms. The number of hydrogen-bond donors (Lipinski definition) is 0. The smallest absolute Gasteiger partial charge is 0.170 e. The summed E-state index contributed by atoms with van der Waals surface area (Å²) in [7, 11) is 3.59. The molecular weight excluding hydrogens is 396 g/mol. The first kappa shape index (κ1) is 22.4. The van der Waals surface area contributed by atoms with E-state index in [0.29, 0.717) is 17.1 Å². The number of para-hydroxylation sites is 1. The molecule has 0 spiro atoms. The molecule has 4 fully saturated rings. The van der Waals surface area contributed by atoms with E-state index in [1.165, 1.54) is 51.4 Å². The predicted octanol–water partition coefficient (Wildman–Crippen LogP) is 6.80. The predicted molar refractivity (Wildman–Crippen MR) is 128 cm³/mol. The van der Waals surface area contributed by atoms with Crippen LogP contribution in [0.4, 0.5) is 0 Å². The number of fused-ring (bicyclic) bond motifs is 5. The van der Waals surface area contributed by atoms with Crippen LogP contribution in [0.5, 0.6) is 5.75 Å². The number of hydrogen-bond acceptors (Lipinski definition) is 3. The highest BCUT2D eigenvalue weighted by atomic mass is 16.5. The van der Waals surface area contributed by atoms with E-state index in [2.05, 4.69) is 13.8 Å². The number of Topliss-reactive ketones (excluding diaryl/α,β-unsaturated/α-hetero) is 1. The fraction of sp³-hybridized carbons (Fsp3) is 0.759. The van der Waals surface area contributed by atoms with Crippen molar-refractivity contribution in [1.29, 1.82) is 0 Å². The van der Waals surface area contributed by atoms with Gasteiger partial charge in [-0.1, -0.05) is 32.4 Å². The van der Waals surface area contributed by atoms with Crippen molar-refractivity contribution in [3.05, 3.63) is 29.8 Å². The van der Waals surface area contributed by atoms with Gasteiger partial charge in [0.15, 0.2) is 5.78 Å². The summed E-state index contributed by atoms with van der Waals surface area (Å²) in [6.07, 6.45) is 11.6. The average Bonchev–Trinajstić information content (AvgIpc) is 3.16. The molecule has 0 aromatic heterocycles. The number of benzene rings is 1. The van der Waals surface area contributed by atoms with Crippen LogP contribution in [-0.4, -0.2) is 26.6 Å². The van der Waals surface area contributed by atoms with Crippen molar-refractivity contribution < 1.29 is 14.3 Å². The van der Waals surface area contributed by atoms with Gasteiger partial charge in [-0.15, -0.1) is 0 Å². The minimum absolute atomic E-state index is 0.127. The molecule has 4 aliphatic rings. The van der Waals surface area contributed by atoms with Gasteiger partial charge in [-0.3, -0.25) is 4.79 Å². The van der Waals surface area contributed by atoms with Gasteiger partial charge < -0.3 is 9.47 Å². The Morgan fingerprint density at radius 1 is 1.00 bits per heavy atom. The van der Waals surface area contributed by atoms with Crippen LogP contribution in [0.25, 0.3) is 0 Å². The molecule has 8 atom stereocenters. The lowest BCUT2D eigenvalue weighted by Crippen LogP contribution is -2.56. The highest BCUT2D eigenvalue weighted by molar-refractivity contribution is 6.01. The van der Waals surface area contributed by atoms with Crippen molar-refractivity contribution in [1.82, 2.24) is 0 Å². The Bertz CT molecular complexity index is 849. The van der Waals surface area contributed by atoms with Crippen LogP contribution >= 0.6 is 0 Å². The van der Waals surface area contributed by atoms with Gasteiger partial charge in [-0.25, -0.2) is 0 Å². The maximum Gasteiger partial charge on any atom is 0.170 e. The van der Waals surface area contributed by atoms with Gasteiger partial charge in [-0.2, -0.15) is 0 Å². The summed E-state index contributed by atoms with van der Waals surface area (Å²) in [4.78, 5) is 13.8. The SMILES string of the molecule is COCC12CCC(C)CC1CCC1C3CCC(C(=O)c4ccccc4OC)C3(C)CCC12. The van der Waals surface area contributed by atoms with Gasteiger partial charge in [0.25, 0.3) is 0 Å². The molecule has 0 amide bonds. The van der Waals surface area contributed by atoms with Crippen LogP contribution in [0.2, 0.25) is 0 Å². The average molecular weight is 439 g/mol.